The third-order valence-corrected chi connectivity index (χ3v) is 4.97. The largest absolute Gasteiger partial charge is 0.489 e. The van der Waals surface area contributed by atoms with E-state index < -0.39 is 0 Å². The van der Waals surface area contributed by atoms with Gasteiger partial charge in [-0.1, -0.05) is 54.9 Å². The quantitative estimate of drug-likeness (QED) is 0.567. The number of halogens is 1. The van der Waals surface area contributed by atoms with Gasteiger partial charge < -0.3 is 14.5 Å². The van der Waals surface area contributed by atoms with Crippen molar-refractivity contribution in [1.82, 2.24) is 4.90 Å². The molecule has 0 saturated carbocycles. The Morgan fingerprint density at radius 3 is 2.50 bits per heavy atom. The normalized spacial score (nSPS) is 14.0. The SMILES string of the molecule is CCN(C)CC=Cc1ccc(N2C=CC(OCc3ccc(Cl)cc3)=CC2)cc1. The molecule has 0 saturated heterocycles. The van der Waals surface area contributed by atoms with Gasteiger partial charge >= 0.3 is 0 Å². The molecule has 1 heterocycles. The minimum absolute atomic E-state index is 0.543. The van der Waals surface area contributed by atoms with E-state index >= 15 is 0 Å². The molecule has 0 aromatic heterocycles. The lowest BCUT2D eigenvalue weighted by Crippen LogP contribution is -2.19. The van der Waals surface area contributed by atoms with E-state index in [2.05, 4.69) is 72.5 Å². The van der Waals surface area contributed by atoms with Gasteiger partial charge in [-0.3, -0.25) is 0 Å². The highest BCUT2D eigenvalue weighted by atomic mass is 35.5. The van der Waals surface area contributed by atoms with E-state index in [0.717, 1.165) is 36.0 Å². The maximum Gasteiger partial charge on any atom is 0.119 e. The number of likely N-dealkylation sites (N-methyl/N-ethyl adjacent to an activating group) is 1. The molecule has 146 valence electrons. The number of ether oxygens (including phenoxy) is 1. The van der Waals surface area contributed by atoms with E-state index in [4.69, 9.17) is 16.3 Å². The van der Waals surface area contributed by atoms with Crippen LogP contribution >= 0.6 is 11.6 Å². The molecule has 3 rings (SSSR count). The van der Waals surface area contributed by atoms with E-state index in [9.17, 15) is 0 Å². The van der Waals surface area contributed by atoms with Crippen LogP contribution in [0.5, 0.6) is 0 Å². The Morgan fingerprint density at radius 2 is 1.86 bits per heavy atom. The van der Waals surface area contributed by atoms with E-state index in [-0.39, 0.29) is 0 Å². The van der Waals surface area contributed by atoms with Crippen LogP contribution in [0.2, 0.25) is 5.02 Å². The summed E-state index contributed by atoms with van der Waals surface area (Å²) in [7, 11) is 2.12. The second-order valence-corrected chi connectivity index (χ2v) is 7.27. The van der Waals surface area contributed by atoms with Gasteiger partial charge in [0, 0.05) is 30.0 Å². The third-order valence-electron chi connectivity index (χ3n) is 4.72. The molecule has 0 aliphatic carbocycles. The number of anilines is 1. The van der Waals surface area contributed by atoms with E-state index in [1.165, 1.54) is 11.3 Å². The summed E-state index contributed by atoms with van der Waals surface area (Å²) in [5, 5.41) is 0.742. The molecule has 0 bridgehead atoms. The molecular weight excluding hydrogens is 368 g/mol. The molecule has 0 fully saturated rings. The zero-order valence-electron chi connectivity index (χ0n) is 16.5. The minimum Gasteiger partial charge on any atom is -0.489 e. The van der Waals surface area contributed by atoms with Crippen molar-refractivity contribution in [3.63, 3.8) is 0 Å². The van der Waals surface area contributed by atoms with Crippen LogP contribution < -0.4 is 4.90 Å². The second kappa shape index (κ2) is 10.2. The number of rotatable bonds is 8. The molecule has 0 radical (unpaired) electrons. The summed E-state index contributed by atoms with van der Waals surface area (Å²) in [4.78, 5) is 4.47. The molecule has 2 aromatic carbocycles. The number of hydrogen-bond donors (Lipinski definition) is 0. The maximum absolute atomic E-state index is 5.91. The number of allylic oxidation sites excluding steroid dienone is 1. The number of hydrogen-bond acceptors (Lipinski definition) is 3. The fraction of sp³-hybridized carbons (Fsp3) is 0.250. The van der Waals surface area contributed by atoms with Crippen LogP contribution in [-0.4, -0.2) is 31.6 Å². The average molecular weight is 395 g/mol. The van der Waals surface area contributed by atoms with Crippen molar-refractivity contribution >= 4 is 23.4 Å². The zero-order chi connectivity index (χ0) is 19.8. The Kier molecular flexibility index (Phi) is 7.35. The summed E-state index contributed by atoms with van der Waals surface area (Å²) in [5.74, 6) is 0.894. The van der Waals surface area contributed by atoms with Gasteiger partial charge in [-0.2, -0.15) is 0 Å². The molecule has 0 amide bonds. The Labute approximate surface area is 173 Å². The minimum atomic E-state index is 0.543. The van der Waals surface area contributed by atoms with Gasteiger partial charge in [0.05, 0.1) is 0 Å². The van der Waals surface area contributed by atoms with Crippen molar-refractivity contribution in [3.05, 3.63) is 94.9 Å². The van der Waals surface area contributed by atoms with Crippen molar-refractivity contribution < 1.29 is 4.74 Å². The molecule has 1 aliphatic heterocycles. The summed E-state index contributed by atoms with van der Waals surface area (Å²) in [6.07, 6.45) is 10.5. The summed E-state index contributed by atoms with van der Waals surface area (Å²) in [6, 6.07) is 16.4. The van der Waals surface area contributed by atoms with Crippen molar-refractivity contribution in [1.29, 1.82) is 0 Å². The summed E-state index contributed by atoms with van der Waals surface area (Å²) >= 11 is 5.91. The highest BCUT2D eigenvalue weighted by Crippen LogP contribution is 2.21. The van der Waals surface area contributed by atoms with Crippen molar-refractivity contribution in [2.75, 3.05) is 31.6 Å². The van der Waals surface area contributed by atoms with Crippen LogP contribution in [0.4, 0.5) is 5.69 Å². The molecule has 4 heteroatoms. The Bertz CT molecular complexity index is 838. The molecule has 1 aliphatic rings. The van der Waals surface area contributed by atoms with Crippen LogP contribution in [0.3, 0.4) is 0 Å². The van der Waals surface area contributed by atoms with Crippen LogP contribution in [0.15, 0.2) is 78.7 Å². The molecule has 0 unspecified atom stereocenters. The first-order chi connectivity index (χ1) is 13.6. The molecule has 0 atom stereocenters. The van der Waals surface area contributed by atoms with Crippen molar-refractivity contribution in [2.24, 2.45) is 0 Å². The monoisotopic (exact) mass is 394 g/mol. The first kappa shape index (κ1) is 20.2. The first-order valence-corrected chi connectivity index (χ1v) is 9.99. The van der Waals surface area contributed by atoms with Gasteiger partial charge in [0.1, 0.15) is 12.4 Å². The van der Waals surface area contributed by atoms with Gasteiger partial charge in [-0.05, 0) is 61.1 Å². The number of nitrogens with zero attached hydrogens (tertiary/aromatic N) is 2. The first-order valence-electron chi connectivity index (χ1n) is 9.61. The van der Waals surface area contributed by atoms with Gasteiger partial charge in [-0.15, -0.1) is 0 Å². The van der Waals surface area contributed by atoms with Gasteiger partial charge in [0.2, 0.25) is 0 Å². The average Bonchev–Trinajstić information content (AvgIpc) is 2.74. The van der Waals surface area contributed by atoms with Crippen LogP contribution in [0, 0.1) is 0 Å². The van der Waals surface area contributed by atoms with E-state index in [1.54, 1.807) is 0 Å². The lowest BCUT2D eigenvalue weighted by molar-refractivity contribution is 0.209. The molecule has 3 nitrogen and oxygen atoms in total. The van der Waals surface area contributed by atoms with Gasteiger partial charge in [-0.25, -0.2) is 0 Å². The number of benzene rings is 2. The molecule has 28 heavy (non-hydrogen) atoms. The van der Waals surface area contributed by atoms with Crippen molar-refractivity contribution in [3.8, 4) is 0 Å². The molecule has 0 N–H and O–H groups in total. The lowest BCUT2D eigenvalue weighted by atomic mass is 10.1. The summed E-state index contributed by atoms with van der Waals surface area (Å²) < 4.78 is 5.88. The van der Waals surface area contributed by atoms with Crippen LogP contribution in [-0.2, 0) is 11.3 Å². The predicted molar refractivity (Wildman–Crippen MR) is 119 cm³/mol. The zero-order valence-corrected chi connectivity index (χ0v) is 17.3. The van der Waals surface area contributed by atoms with Gasteiger partial charge in [0.15, 0.2) is 0 Å². The fourth-order valence-electron chi connectivity index (χ4n) is 2.80. The predicted octanol–water partition coefficient (Wildman–Crippen LogP) is 5.74. The van der Waals surface area contributed by atoms with E-state index in [1.807, 2.05) is 30.3 Å². The summed E-state index contributed by atoms with van der Waals surface area (Å²) in [6.45, 7) is 5.53. The van der Waals surface area contributed by atoms with Gasteiger partial charge in [0.25, 0.3) is 0 Å². The van der Waals surface area contributed by atoms with Crippen LogP contribution in [0.1, 0.15) is 18.1 Å². The second-order valence-electron chi connectivity index (χ2n) is 6.84. The highest BCUT2D eigenvalue weighted by molar-refractivity contribution is 6.30. The lowest BCUT2D eigenvalue weighted by Gasteiger charge is -2.23. The molecule has 0 spiro atoms. The Balaban J connectivity index is 1.50. The van der Waals surface area contributed by atoms with Crippen LogP contribution in [0.25, 0.3) is 6.08 Å². The smallest absolute Gasteiger partial charge is 0.119 e. The summed E-state index contributed by atoms with van der Waals surface area (Å²) in [5.41, 5.74) is 3.50. The fourth-order valence-corrected chi connectivity index (χ4v) is 2.93. The van der Waals surface area contributed by atoms with Crippen molar-refractivity contribution in [2.45, 2.75) is 13.5 Å². The standard InChI is InChI=1S/C24H27ClN2O/c1-3-26(2)16-4-5-20-8-12-23(13-9-20)27-17-14-24(15-18-27)28-19-21-6-10-22(25)11-7-21/h4-15,17H,3,16,18-19H2,1-2H3. The third kappa shape index (κ3) is 6.01. The molecular formula is C24H27ClN2O. The highest BCUT2D eigenvalue weighted by Gasteiger charge is 2.08. The topological polar surface area (TPSA) is 15.7 Å². The maximum atomic E-state index is 5.91. The van der Waals surface area contributed by atoms with E-state index in [0.29, 0.717) is 6.61 Å². The Hall–Kier alpha value is -2.49. The Morgan fingerprint density at radius 1 is 1.11 bits per heavy atom. The molecule has 2 aromatic rings.